The lowest BCUT2D eigenvalue weighted by Crippen LogP contribution is -2.39. The molecule has 0 aliphatic carbocycles. The zero-order valence-corrected chi connectivity index (χ0v) is 18.5. The Morgan fingerprint density at radius 3 is 2.77 bits per heavy atom. The monoisotopic (exact) mass is 425 g/mol. The molecule has 2 aromatic heterocycles. The normalized spacial score (nSPS) is 15.3. The van der Waals surface area contributed by atoms with Gasteiger partial charge in [0.25, 0.3) is 5.56 Å². The molecule has 0 aromatic carbocycles. The van der Waals surface area contributed by atoms with Gasteiger partial charge < -0.3 is 20.9 Å². The Labute approximate surface area is 182 Å². The molecule has 0 spiro atoms. The van der Waals surface area contributed by atoms with Crippen LogP contribution in [0.4, 0.5) is 11.5 Å². The van der Waals surface area contributed by atoms with Crippen LogP contribution in [0.25, 0.3) is 0 Å². The molecule has 0 bridgehead atoms. The number of hydrogen-bond donors (Lipinski definition) is 3. The fourth-order valence-electron chi connectivity index (χ4n) is 3.97. The maximum Gasteiger partial charge on any atom is 0.275 e. The molecule has 1 aliphatic heterocycles. The molecule has 3 rings (SSSR count). The largest absolute Gasteiger partial charge is 0.384 e. The van der Waals surface area contributed by atoms with Crippen molar-refractivity contribution in [1.82, 2.24) is 14.9 Å². The number of aryl methyl sites for hydroxylation is 2. The SMILES string of the molecule is CCCCCC1Cc2cc(C)n(CC(=O)NCc3ccc(N)nc3C)c(=O)c2NC1=O. The van der Waals surface area contributed by atoms with E-state index in [1.165, 1.54) is 4.57 Å². The number of nitrogens with zero attached hydrogens (tertiary/aromatic N) is 2. The summed E-state index contributed by atoms with van der Waals surface area (Å²) in [6, 6.07) is 5.41. The van der Waals surface area contributed by atoms with Crippen LogP contribution in [-0.4, -0.2) is 21.4 Å². The van der Waals surface area contributed by atoms with Crippen LogP contribution in [0.3, 0.4) is 0 Å². The summed E-state index contributed by atoms with van der Waals surface area (Å²) in [6.45, 7) is 5.95. The minimum Gasteiger partial charge on any atom is -0.384 e. The number of fused-ring (bicyclic) bond motifs is 1. The molecule has 8 nitrogen and oxygen atoms in total. The van der Waals surface area contributed by atoms with E-state index in [4.69, 9.17) is 5.73 Å². The van der Waals surface area contributed by atoms with E-state index in [2.05, 4.69) is 22.5 Å². The van der Waals surface area contributed by atoms with E-state index < -0.39 is 0 Å². The van der Waals surface area contributed by atoms with Gasteiger partial charge in [-0.3, -0.25) is 14.4 Å². The number of carbonyl (C=O) groups excluding carboxylic acids is 2. The van der Waals surface area contributed by atoms with Crippen LogP contribution < -0.4 is 21.9 Å². The maximum absolute atomic E-state index is 13.0. The number of aromatic nitrogens is 2. The molecular weight excluding hydrogens is 394 g/mol. The van der Waals surface area contributed by atoms with E-state index in [0.29, 0.717) is 30.2 Å². The van der Waals surface area contributed by atoms with Gasteiger partial charge in [0.05, 0.1) is 0 Å². The Hall–Kier alpha value is -3.16. The van der Waals surface area contributed by atoms with Crippen LogP contribution in [-0.2, 0) is 29.1 Å². The number of nitrogens with two attached hydrogens (primary N) is 1. The summed E-state index contributed by atoms with van der Waals surface area (Å²) >= 11 is 0. The van der Waals surface area contributed by atoms with E-state index >= 15 is 0 Å². The first-order chi connectivity index (χ1) is 14.8. The van der Waals surface area contributed by atoms with E-state index in [9.17, 15) is 14.4 Å². The average Bonchev–Trinajstić information content (AvgIpc) is 2.72. The highest BCUT2D eigenvalue weighted by Gasteiger charge is 2.28. The van der Waals surface area contributed by atoms with Gasteiger partial charge in [-0.2, -0.15) is 0 Å². The summed E-state index contributed by atoms with van der Waals surface area (Å²) in [7, 11) is 0. The van der Waals surface area contributed by atoms with Crippen LogP contribution in [0, 0.1) is 19.8 Å². The van der Waals surface area contributed by atoms with Crippen LogP contribution in [0.5, 0.6) is 0 Å². The van der Waals surface area contributed by atoms with E-state index in [1.807, 2.05) is 26.0 Å². The van der Waals surface area contributed by atoms with Crippen molar-refractivity contribution in [3.05, 3.63) is 51.1 Å². The van der Waals surface area contributed by atoms with Crippen LogP contribution >= 0.6 is 0 Å². The highest BCUT2D eigenvalue weighted by Crippen LogP contribution is 2.26. The predicted molar refractivity (Wildman–Crippen MR) is 121 cm³/mol. The minimum atomic E-state index is -0.337. The second-order valence-electron chi connectivity index (χ2n) is 8.22. The fourth-order valence-corrected chi connectivity index (χ4v) is 3.97. The van der Waals surface area contributed by atoms with Crippen LogP contribution in [0.2, 0.25) is 0 Å². The number of anilines is 2. The van der Waals surface area contributed by atoms with Gasteiger partial charge in [-0.05, 0) is 49.9 Å². The number of hydrogen-bond acceptors (Lipinski definition) is 5. The lowest BCUT2D eigenvalue weighted by atomic mass is 9.89. The molecule has 2 aromatic rings. The second-order valence-corrected chi connectivity index (χ2v) is 8.22. The van der Waals surface area contributed by atoms with Gasteiger partial charge in [-0.1, -0.05) is 32.3 Å². The van der Waals surface area contributed by atoms with Gasteiger partial charge in [-0.25, -0.2) is 4.98 Å². The first-order valence-corrected chi connectivity index (χ1v) is 10.8. The van der Waals surface area contributed by atoms with Crippen molar-refractivity contribution in [2.24, 2.45) is 5.92 Å². The molecule has 1 aliphatic rings. The van der Waals surface area contributed by atoms with Gasteiger partial charge in [0, 0.05) is 23.9 Å². The Balaban J connectivity index is 1.70. The molecule has 8 heteroatoms. The number of rotatable bonds is 8. The Kier molecular flexibility index (Phi) is 7.09. The van der Waals surface area contributed by atoms with E-state index in [0.717, 1.165) is 42.5 Å². The molecule has 31 heavy (non-hydrogen) atoms. The molecule has 0 radical (unpaired) electrons. The van der Waals surface area contributed by atoms with Crippen LogP contribution in [0.1, 0.15) is 55.1 Å². The summed E-state index contributed by atoms with van der Waals surface area (Å²) in [4.78, 5) is 42.2. The third kappa shape index (κ3) is 5.31. The van der Waals surface area contributed by atoms with Gasteiger partial charge in [0.15, 0.2) is 0 Å². The molecule has 3 heterocycles. The lowest BCUT2D eigenvalue weighted by Gasteiger charge is -2.25. The molecule has 2 amide bonds. The van der Waals surface area contributed by atoms with Crippen molar-refractivity contribution >= 4 is 23.3 Å². The lowest BCUT2D eigenvalue weighted by molar-refractivity contribution is -0.122. The van der Waals surface area contributed by atoms with E-state index in [1.54, 1.807) is 6.07 Å². The average molecular weight is 426 g/mol. The summed E-state index contributed by atoms with van der Waals surface area (Å²) in [5.74, 6) is -0.0694. The van der Waals surface area contributed by atoms with Crippen molar-refractivity contribution in [3.63, 3.8) is 0 Å². The molecular formula is C23H31N5O3. The Morgan fingerprint density at radius 1 is 1.29 bits per heavy atom. The molecule has 0 fully saturated rings. The number of pyridine rings is 2. The summed E-state index contributed by atoms with van der Waals surface area (Å²) in [5, 5.41) is 5.61. The number of amides is 2. The molecule has 4 N–H and O–H groups in total. The molecule has 0 saturated carbocycles. The minimum absolute atomic E-state index is 0.103. The highest BCUT2D eigenvalue weighted by atomic mass is 16.2. The molecule has 0 saturated heterocycles. The van der Waals surface area contributed by atoms with Crippen molar-refractivity contribution in [3.8, 4) is 0 Å². The maximum atomic E-state index is 13.0. The summed E-state index contributed by atoms with van der Waals surface area (Å²) < 4.78 is 1.40. The topological polar surface area (TPSA) is 119 Å². The third-order valence-corrected chi connectivity index (χ3v) is 5.82. The Bertz CT molecular complexity index is 1040. The molecule has 1 unspecified atom stereocenters. The predicted octanol–water partition coefficient (Wildman–Crippen LogP) is 2.45. The van der Waals surface area contributed by atoms with Gasteiger partial charge >= 0.3 is 0 Å². The number of unbranched alkanes of at least 4 members (excludes halogenated alkanes) is 2. The zero-order chi connectivity index (χ0) is 22.5. The third-order valence-electron chi connectivity index (χ3n) is 5.82. The number of nitrogens with one attached hydrogen (secondary N) is 2. The number of carbonyl (C=O) groups is 2. The van der Waals surface area contributed by atoms with Crippen molar-refractivity contribution in [1.29, 1.82) is 0 Å². The smallest absolute Gasteiger partial charge is 0.275 e. The highest BCUT2D eigenvalue weighted by molar-refractivity contribution is 5.95. The summed E-state index contributed by atoms with van der Waals surface area (Å²) in [6.07, 6.45) is 4.59. The zero-order valence-electron chi connectivity index (χ0n) is 18.5. The van der Waals surface area contributed by atoms with Crippen molar-refractivity contribution in [2.45, 2.75) is 66.0 Å². The number of nitrogen functional groups attached to an aromatic ring is 1. The van der Waals surface area contributed by atoms with E-state index in [-0.39, 0.29) is 29.8 Å². The summed E-state index contributed by atoms with van der Waals surface area (Å²) in [5.41, 5.74) is 8.78. The van der Waals surface area contributed by atoms with Gasteiger partial charge in [0.1, 0.15) is 18.1 Å². The first-order valence-electron chi connectivity index (χ1n) is 10.8. The van der Waals surface area contributed by atoms with Gasteiger partial charge in [-0.15, -0.1) is 0 Å². The first kappa shape index (κ1) is 22.5. The van der Waals surface area contributed by atoms with Crippen molar-refractivity contribution in [2.75, 3.05) is 11.1 Å². The molecule has 166 valence electrons. The quantitative estimate of drug-likeness (QED) is 0.561. The standard InChI is InChI=1S/C23H31N5O3/c1-4-5-6-7-16-11-18-10-14(2)28(23(31)21(18)27-22(16)30)13-20(29)25-12-17-8-9-19(24)26-15(17)3/h8-10,16H,4-7,11-13H2,1-3H3,(H2,24,26)(H,25,29)(H,27,30). The fraction of sp³-hybridized carbons (Fsp3) is 0.478. The molecule has 1 atom stereocenters. The van der Waals surface area contributed by atoms with Crippen molar-refractivity contribution < 1.29 is 9.59 Å². The Morgan fingerprint density at radius 2 is 2.06 bits per heavy atom. The van der Waals surface area contributed by atoms with Crippen LogP contribution in [0.15, 0.2) is 23.0 Å². The van der Waals surface area contributed by atoms with Gasteiger partial charge in [0.2, 0.25) is 11.8 Å². The second kappa shape index (κ2) is 9.76.